The first-order valence-electron chi connectivity index (χ1n) is 8.12. The lowest BCUT2D eigenvalue weighted by molar-refractivity contribution is -0.136. The minimum Gasteiger partial charge on any atom is -0.481 e. The molecular formula is C19H18ClN3O4. The lowest BCUT2D eigenvalue weighted by Gasteiger charge is -2.07. The Bertz CT molecular complexity index is 836. The second kappa shape index (κ2) is 10.1. The molecule has 0 spiro atoms. The fourth-order valence-corrected chi connectivity index (χ4v) is 2.28. The van der Waals surface area contributed by atoms with E-state index in [1.165, 1.54) is 0 Å². The van der Waals surface area contributed by atoms with Crippen LogP contribution in [0.2, 0.25) is 5.02 Å². The Morgan fingerprint density at radius 2 is 1.59 bits per heavy atom. The van der Waals surface area contributed by atoms with Gasteiger partial charge in [0.25, 0.3) is 11.8 Å². The molecule has 0 aromatic heterocycles. The molecule has 0 saturated heterocycles. The number of nitrogens with zero attached hydrogens (tertiary/aromatic N) is 1. The summed E-state index contributed by atoms with van der Waals surface area (Å²) in [5, 5.41) is 15.9. The summed E-state index contributed by atoms with van der Waals surface area (Å²) in [4.78, 5) is 34.7. The Morgan fingerprint density at radius 1 is 0.926 bits per heavy atom. The van der Waals surface area contributed by atoms with E-state index in [1.807, 2.05) is 6.07 Å². The van der Waals surface area contributed by atoms with E-state index in [0.717, 1.165) is 0 Å². The zero-order chi connectivity index (χ0) is 19.6. The summed E-state index contributed by atoms with van der Waals surface area (Å²) in [5.41, 5.74) is 3.87. The number of rotatable bonds is 8. The molecule has 0 saturated carbocycles. The van der Waals surface area contributed by atoms with E-state index in [2.05, 4.69) is 15.8 Å². The molecule has 0 fully saturated rings. The maximum Gasteiger partial charge on any atom is 0.303 e. The van der Waals surface area contributed by atoms with Gasteiger partial charge in [-0.2, -0.15) is 5.10 Å². The van der Waals surface area contributed by atoms with Gasteiger partial charge in [-0.3, -0.25) is 14.4 Å². The summed E-state index contributed by atoms with van der Waals surface area (Å²) in [7, 11) is 0. The topological polar surface area (TPSA) is 108 Å². The summed E-state index contributed by atoms with van der Waals surface area (Å²) in [6.07, 6.45) is 0.0493. The SMILES string of the molecule is O=C(O)CC/C(=N/NC(=O)CNC(=O)c1ccc(Cl)cc1)c1ccccc1. The molecule has 2 aromatic carbocycles. The van der Waals surface area contributed by atoms with E-state index < -0.39 is 17.8 Å². The van der Waals surface area contributed by atoms with Gasteiger partial charge >= 0.3 is 5.97 Å². The van der Waals surface area contributed by atoms with Crippen LogP contribution >= 0.6 is 11.6 Å². The number of halogens is 1. The van der Waals surface area contributed by atoms with Gasteiger partial charge in [0.1, 0.15) is 0 Å². The van der Waals surface area contributed by atoms with Crippen molar-refractivity contribution in [3.63, 3.8) is 0 Å². The van der Waals surface area contributed by atoms with Crippen molar-refractivity contribution in [2.45, 2.75) is 12.8 Å². The Kier molecular flexibility index (Phi) is 7.51. The molecule has 0 bridgehead atoms. The summed E-state index contributed by atoms with van der Waals surface area (Å²) in [5.74, 6) is -1.90. The highest BCUT2D eigenvalue weighted by molar-refractivity contribution is 6.30. The fourth-order valence-electron chi connectivity index (χ4n) is 2.15. The van der Waals surface area contributed by atoms with Crippen molar-refractivity contribution in [3.8, 4) is 0 Å². The number of hydrogen-bond acceptors (Lipinski definition) is 4. The van der Waals surface area contributed by atoms with Gasteiger partial charge in [0, 0.05) is 17.0 Å². The van der Waals surface area contributed by atoms with Crippen LogP contribution in [-0.4, -0.2) is 35.1 Å². The molecule has 7 nitrogen and oxygen atoms in total. The van der Waals surface area contributed by atoms with Crippen LogP contribution in [0.1, 0.15) is 28.8 Å². The number of carbonyl (C=O) groups excluding carboxylic acids is 2. The second-order valence-electron chi connectivity index (χ2n) is 5.54. The average Bonchev–Trinajstić information content (AvgIpc) is 2.67. The molecule has 2 aromatic rings. The van der Waals surface area contributed by atoms with Gasteiger partial charge in [0.15, 0.2) is 0 Å². The smallest absolute Gasteiger partial charge is 0.303 e. The van der Waals surface area contributed by atoms with E-state index in [4.69, 9.17) is 16.7 Å². The van der Waals surface area contributed by atoms with Crippen LogP contribution in [0, 0.1) is 0 Å². The third-order valence-corrected chi connectivity index (χ3v) is 3.77. The molecule has 2 amide bonds. The number of nitrogens with one attached hydrogen (secondary N) is 2. The van der Waals surface area contributed by atoms with Gasteiger partial charge < -0.3 is 10.4 Å². The van der Waals surface area contributed by atoms with Crippen LogP contribution in [0.15, 0.2) is 59.7 Å². The van der Waals surface area contributed by atoms with Crippen molar-refractivity contribution in [2.24, 2.45) is 5.10 Å². The number of hydrogen-bond donors (Lipinski definition) is 3. The molecule has 8 heteroatoms. The van der Waals surface area contributed by atoms with Crippen molar-refractivity contribution in [1.29, 1.82) is 0 Å². The monoisotopic (exact) mass is 387 g/mol. The largest absolute Gasteiger partial charge is 0.481 e. The maximum absolute atomic E-state index is 12.0. The van der Waals surface area contributed by atoms with Crippen molar-refractivity contribution in [3.05, 3.63) is 70.7 Å². The Labute approximate surface area is 161 Å². The summed E-state index contributed by atoms with van der Waals surface area (Å²) >= 11 is 5.76. The maximum atomic E-state index is 12.0. The number of carboxylic acids is 1. The minimum absolute atomic E-state index is 0.114. The molecule has 2 rings (SSSR count). The molecular weight excluding hydrogens is 370 g/mol. The van der Waals surface area contributed by atoms with E-state index in [1.54, 1.807) is 48.5 Å². The predicted octanol–water partition coefficient (Wildman–Crippen LogP) is 2.46. The Morgan fingerprint density at radius 3 is 2.22 bits per heavy atom. The van der Waals surface area contributed by atoms with Gasteiger partial charge in [-0.25, -0.2) is 5.43 Å². The predicted molar refractivity (Wildman–Crippen MR) is 102 cm³/mol. The number of amides is 2. The van der Waals surface area contributed by atoms with E-state index in [9.17, 15) is 14.4 Å². The molecule has 3 N–H and O–H groups in total. The van der Waals surface area contributed by atoms with Crippen LogP contribution in [0.5, 0.6) is 0 Å². The third kappa shape index (κ3) is 6.91. The molecule has 0 aliphatic heterocycles. The molecule has 0 aliphatic carbocycles. The first-order valence-corrected chi connectivity index (χ1v) is 8.50. The number of benzene rings is 2. The standard InChI is InChI=1S/C19H18ClN3O4/c20-15-8-6-14(7-9-15)19(27)21-12-17(24)23-22-16(10-11-18(25)26)13-4-2-1-3-5-13/h1-9H,10-12H2,(H,21,27)(H,23,24)(H,25,26)/b22-16-. The molecule has 0 radical (unpaired) electrons. The van der Waals surface area contributed by atoms with Crippen LogP contribution in [0.3, 0.4) is 0 Å². The molecule has 0 unspecified atom stereocenters. The molecule has 140 valence electrons. The number of aliphatic carboxylic acids is 1. The van der Waals surface area contributed by atoms with Crippen molar-refractivity contribution < 1.29 is 19.5 Å². The normalized spacial score (nSPS) is 10.9. The first kappa shape index (κ1) is 20.1. The molecule has 0 heterocycles. The first-order chi connectivity index (χ1) is 13.0. The van der Waals surface area contributed by atoms with Crippen LogP contribution in [0.4, 0.5) is 0 Å². The summed E-state index contributed by atoms with van der Waals surface area (Å²) < 4.78 is 0. The summed E-state index contributed by atoms with van der Waals surface area (Å²) in [6.45, 7) is -0.272. The van der Waals surface area contributed by atoms with Gasteiger partial charge in [-0.05, 0) is 29.8 Å². The van der Waals surface area contributed by atoms with Gasteiger partial charge in [-0.1, -0.05) is 41.9 Å². The minimum atomic E-state index is -0.958. The van der Waals surface area contributed by atoms with Crippen molar-refractivity contribution in [1.82, 2.24) is 10.7 Å². The molecule has 0 atom stereocenters. The lowest BCUT2D eigenvalue weighted by Crippen LogP contribution is -2.35. The summed E-state index contributed by atoms with van der Waals surface area (Å²) in [6, 6.07) is 15.2. The average molecular weight is 388 g/mol. The van der Waals surface area contributed by atoms with E-state index >= 15 is 0 Å². The number of carboxylic acid groups (broad SMARTS) is 1. The van der Waals surface area contributed by atoms with Crippen molar-refractivity contribution >= 4 is 35.1 Å². The van der Waals surface area contributed by atoms with Crippen LogP contribution < -0.4 is 10.7 Å². The van der Waals surface area contributed by atoms with Crippen molar-refractivity contribution in [2.75, 3.05) is 6.54 Å². The quantitative estimate of drug-likeness (QED) is 0.477. The van der Waals surface area contributed by atoms with Gasteiger partial charge in [0.2, 0.25) is 0 Å². The number of hydrazone groups is 1. The van der Waals surface area contributed by atoms with Crippen LogP contribution in [0.25, 0.3) is 0 Å². The zero-order valence-corrected chi connectivity index (χ0v) is 15.1. The zero-order valence-electron chi connectivity index (χ0n) is 14.3. The molecule has 27 heavy (non-hydrogen) atoms. The van der Waals surface area contributed by atoms with E-state index in [0.29, 0.717) is 21.9 Å². The number of carbonyl (C=O) groups is 3. The molecule has 0 aliphatic rings. The Hall–Kier alpha value is -3.19. The Balaban J connectivity index is 1.94. The third-order valence-electron chi connectivity index (χ3n) is 3.51. The highest BCUT2D eigenvalue weighted by Crippen LogP contribution is 2.09. The second-order valence-corrected chi connectivity index (χ2v) is 5.98. The highest BCUT2D eigenvalue weighted by atomic mass is 35.5. The fraction of sp³-hybridized carbons (Fsp3) is 0.158. The highest BCUT2D eigenvalue weighted by Gasteiger charge is 2.10. The van der Waals surface area contributed by atoms with Gasteiger partial charge in [-0.15, -0.1) is 0 Å². The van der Waals surface area contributed by atoms with E-state index in [-0.39, 0.29) is 19.4 Å². The van der Waals surface area contributed by atoms with Gasteiger partial charge in [0.05, 0.1) is 18.7 Å². The van der Waals surface area contributed by atoms with Crippen LogP contribution in [-0.2, 0) is 9.59 Å². The lowest BCUT2D eigenvalue weighted by atomic mass is 10.1.